The SMILES string of the molecule is CCCCCCCCCCCCCCC#CCCC(=O)O. The molecule has 0 spiro atoms. The number of aliphatic carboxylic acids is 1. The van der Waals surface area contributed by atoms with Gasteiger partial charge < -0.3 is 5.11 Å². The summed E-state index contributed by atoms with van der Waals surface area (Å²) in [7, 11) is 0. The van der Waals surface area contributed by atoms with E-state index in [4.69, 9.17) is 5.11 Å². The molecule has 0 aliphatic heterocycles. The van der Waals surface area contributed by atoms with E-state index in [0.29, 0.717) is 6.42 Å². The van der Waals surface area contributed by atoms with Crippen molar-refractivity contribution in [3.63, 3.8) is 0 Å². The Labute approximate surface area is 131 Å². The van der Waals surface area contributed by atoms with E-state index in [1.807, 2.05) is 0 Å². The quantitative estimate of drug-likeness (QED) is 0.318. The van der Waals surface area contributed by atoms with Gasteiger partial charge in [0.1, 0.15) is 0 Å². The summed E-state index contributed by atoms with van der Waals surface area (Å²) in [6.07, 6.45) is 17.9. The van der Waals surface area contributed by atoms with Crippen LogP contribution in [0.4, 0.5) is 0 Å². The number of hydrogen-bond donors (Lipinski definition) is 1. The second-order valence-corrected chi connectivity index (χ2v) is 5.89. The normalized spacial score (nSPS) is 10.1. The fourth-order valence-corrected chi connectivity index (χ4v) is 2.40. The molecule has 0 aromatic heterocycles. The van der Waals surface area contributed by atoms with Crippen molar-refractivity contribution in [3.05, 3.63) is 0 Å². The van der Waals surface area contributed by atoms with Crippen LogP contribution in [0.25, 0.3) is 0 Å². The third-order valence-corrected chi connectivity index (χ3v) is 3.74. The molecule has 0 aliphatic carbocycles. The van der Waals surface area contributed by atoms with Crippen LogP contribution in [0.3, 0.4) is 0 Å². The maximum atomic E-state index is 10.3. The van der Waals surface area contributed by atoms with Gasteiger partial charge in [0.25, 0.3) is 0 Å². The van der Waals surface area contributed by atoms with Gasteiger partial charge in [0, 0.05) is 12.8 Å². The predicted octanol–water partition coefficient (Wildman–Crippen LogP) is 5.95. The predicted molar refractivity (Wildman–Crippen MR) is 90.3 cm³/mol. The summed E-state index contributed by atoms with van der Waals surface area (Å²) in [6, 6.07) is 0. The Morgan fingerprint density at radius 2 is 1.14 bits per heavy atom. The van der Waals surface area contributed by atoms with Crippen molar-refractivity contribution in [2.45, 2.75) is 103 Å². The fraction of sp³-hybridized carbons (Fsp3) is 0.842. The molecule has 0 unspecified atom stereocenters. The van der Waals surface area contributed by atoms with Crippen LogP contribution in [0, 0.1) is 11.8 Å². The van der Waals surface area contributed by atoms with Crippen molar-refractivity contribution >= 4 is 5.97 Å². The van der Waals surface area contributed by atoms with Crippen LogP contribution in [-0.2, 0) is 4.79 Å². The molecule has 2 heteroatoms. The number of carbonyl (C=O) groups is 1. The highest BCUT2D eigenvalue weighted by molar-refractivity contribution is 5.66. The molecule has 0 atom stereocenters. The summed E-state index contributed by atoms with van der Waals surface area (Å²) in [4.78, 5) is 10.3. The molecule has 0 bridgehead atoms. The largest absolute Gasteiger partial charge is 0.481 e. The van der Waals surface area contributed by atoms with Crippen molar-refractivity contribution in [3.8, 4) is 11.8 Å². The van der Waals surface area contributed by atoms with Gasteiger partial charge in [0.2, 0.25) is 0 Å². The first kappa shape index (κ1) is 20.0. The van der Waals surface area contributed by atoms with E-state index < -0.39 is 5.97 Å². The van der Waals surface area contributed by atoms with E-state index in [0.717, 1.165) is 12.8 Å². The fourth-order valence-electron chi connectivity index (χ4n) is 2.40. The van der Waals surface area contributed by atoms with Gasteiger partial charge in [-0.2, -0.15) is 0 Å². The molecule has 122 valence electrons. The van der Waals surface area contributed by atoms with E-state index in [1.165, 1.54) is 70.6 Å². The van der Waals surface area contributed by atoms with Crippen LogP contribution in [0.5, 0.6) is 0 Å². The minimum atomic E-state index is -0.755. The monoisotopic (exact) mass is 294 g/mol. The summed E-state index contributed by atoms with van der Waals surface area (Å²) in [5.74, 6) is 5.23. The Hall–Kier alpha value is -0.970. The van der Waals surface area contributed by atoms with E-state index >= 15 is 0 Å². The Kier molecular flexibility index (Phi) is 16.3. The van der Waals surface area contributed by atoms with Gasteiger partial charge in [0.05, 0.1) is 6.42 Å². The zero-order valence-corrected chi connectivity index (χ0v) is 14.0. The molecular weight excluding hydrogens is 260 g/mol. The number of hydrogen-bond acceptors (Lipinski definition) is 1. The Balaban J connectivity index is 3.07. The van der Waals surface area contributed by atoms with Gasteiger partial charge in [-0.15, -0.1) is 11.8 Å². The second kappa shape index (κ2) is 17.1. The third-order valence-electron chi connectivity index (χ3n) is 3.74. The standard InChI is InChI=1S/C19H34O2/c1-2-3-4-5-6-7-8-9-10-11-12-13-14-15-16-17-18-19(20)21/h2-14,17-18H2,1H3,(H,20,21). The molecule has 0 aromatic carbocycles. The number of unbranched alkanes of at least 4 members (excludes halogenated alkanes) is 12. The molecule has 0 rings (SSSR count). The van der Waals surface area contributed by atoms with E-state index in [2.05, 4.69) is 18.8 Å². The van der Waals surface area contributed by atoms with Gasteiger partial charge in [-0.1, -0.05) is 77.6 Å². The van der Waals surface area contributed by atoms with Gasteiger partial charge in [-0.05, 0) is 6.42 Å². The minimum absolute atomic E-state index is 0.172. The molecule has 0 fully saturated rings. The molecule has 0 amide bonds. The molecule has 0 aliphatic rings. The maximum Gasteiger partial charge on any atom is 0.304 e. The summed E-state index contributed by atoms with van der Waals surface area (Å²) in [5, 5.41) is 8.46. The van der Waals surface area contributed by atoms with Crippen LogP contribution in [0.1, 0.15) is 103 Å². The topological polar surface area (TPSA) is 37.3 Å². The summed E-state index contributed by atoms with van der Waals surface area (Å²) in [5.41, 5.74) is 0. The van der Waals surface area contributed by atoms with Gasteiger partial charge in [-0.3, -0.25) is 4.79 Å². The highest BCUT2D eigenvalue weighted by Crippen LogP contribution is 2.12. The average molecular weight is 294 g/mol. The molecular formula is C19H34O2. The number of carboxylic acid groups (broad SMARTS) is 1. The lowest BCUT2D eigenvalue weighted by molar-refractivity contribution is -0.136. The first-order valence-corrected chi connectivity index (χ1v) is 8.95. The molecule has 0 saturated heterocycles. The molecule has 0 aromatic rings. The lowest BCUT2D eigenvalue weighted by atomic mass is 10.0. The van der Waals surface area contributed by atoms with Gasteiger partial charge in [-0.25, -0.2) is 0 Å². The molecule has 0 radical (unpaired) electrons. The lowest BCUT2D eigenvalue weighted by Crippen LogP contribution is -1.91. The van der Waals surface area contributed by atoms with Crippen LogP contribution in [0.15, 0.2) is 0 Å². The first-order valence-electron chi connectivity index (χ1n) is 8.95. The van der Waals surface area contributed by atoms with Crippen LogP contribution >= 0.6 is 0 Å². The first-order chi connectivity index (χ1) is 10.3. The summed E-state index contributed by atoms with van der Waals surface area (Å²) in [6.45, 7) is 2.27. The van der Waals surface area contributed by atoms with E-state index in [1.54, 1.807) is 0 Å². The Morgan fingerprint density at radius 3 is 1.62 bits per heavy atom. The third kappa shape index (κ3) is 19.0. The maximum absolute atomic E-state index is 10.3. The molecule has 2 nitrogen and oxygen atoms in total. The van der Waals surface area contributed by atoms with E-state index in [9.17, 15) is 4.79 Å². The molecule has 0 saturated carbocycles. The highest BCUT2D eigenvalue weighted by atomic mass is 16.4. The van der Waals surface area contributed by atoms with Crippen molar-refractivity contribution in [2.24, 2.45) is 0 Å². The average Bonchev–Trinajstić information content (AvgIpc) is 2.46. The zero-order chi connectivity index (χ0) is 15.6. The smallest absolute Gasteiger partial charge is 0.304 e. The van der Waals surface area contributed by atoms with Crippen LogP contribution in [-0.4, -0.2) is 11.1 Å². The molecule has 1 N–H and O–H groups in total. The van der Waals surface area contributed by atoms with Crippen LogP contribution in [0.2, 0.25) is 0 Å². The Bertz CT molecular complexity index is 286. The molecule has 21 heavy (non-hydrogen) atoms. The minimum Gasteiger partial charge on any atom is -0.481 e. The Morgan fingerprint density at radius 1 is 0.714 bits per heavy atom. The number of rotatable bonds is 14. The van der Waals surface area contributed by atoms with Crippen molar-refractivity contribution in [2.75, 3.05) is 0 Å². The highest BCUT2D eigenvalue weighted by Gasteiger charge is 1.93. The summed E-state index contributed by atoms with van der Waals surface area (Å²) < 4.78 is 0. The van der Waals surface area contributed by atoms with Crippen molar-refractivity contribution in [1.82, 2.24) is 0 Å². The zero-order valence-electron chi connectivity index (χ0n) is 14.0. The second-order valence-electron chi connectivity index (χ2n) is 5.89. The summed E-state index contributed by atoms with van der Waals surface area (Å²) >= 11 is 0. The van der Waals surface area contributed by atoms with Crippen molar-refractivity contribution in [1.29, 1.82) is 0 Å². The van der Waals surface area contributed by atoms with Gasteiger partial charge in [0.15, 0.2) is 0 Å². The molecule has 0 heterocycles. The van der Waals surface area contributed by atoms with Crippen molar-refractivity contribution < 1.29 is 9.90 Å². The van der Waals surface area contributed by atoms with Gasteiger partial charge >= 0.3 is 5.97 Å². The van der Waals surface area contributed by atoms with Crippen LogP contribution < -0.4 is 0 Å². The van der Waals surface area contributed by atoms with E-state index in [-0.39, 0.29) is 6.42 Å². The number of carboxylic acids is 1. The lowest BCUT2D eigenvalue weighted by Gasteiger charge is -2.01.